The number of ketones is 2. The highest BCUT2D eigenvalue weighted by atomic mass is 32.2. The molecule has 0 bridgehead atoms. The van der Waals surface area contributed by atoms with Crippen LogP contribution in [-0.2, 0) is 36.2 Å². The van der Waals surface area contributed by atoms with E-state index in [1.807, 2.05) is 184 Å². The number of carbonyl (C=O) groups is 2. The normalized spacial score (nSPS) is 13.2. The zero-order valence-electron chi connectivity index (χ0n) is 44.3. The van der Waals surface area contributed by atoms with Gasteiger partial charge in [-0.25, -0.2) is 12.7 Å². The van der Waals surface area contributed by atoms with Crippen LogP contribution in [0.2, 0.25) is 0 Å². The van der Waals surface area contributed by atoms with Crippen molar-refractivity contribution in [1.82, 2.24) is 0 Å². The topological polar surface area (TPSA) is 96.5 Å². The number of ether oxygens (including phenoxy) is 2. The Morgan fingerprint density at radius 2 is 0.779 bits per heavy atom. The maximum absolute atomic E-state index is 14.4. The van der Waals surface area contributed by atoms with Crippen LogP contribution < -0.4 is 23.6 Å². The van der Waals surface area contributed by atoms with Gasteiger partial charge in [0.25, 0.3) is 0 Å². The van der Waals surface area contributed by atoms with E-state index in [-0.39, 0.29) is 11.6 Å². The van der Waals surface area contributed by atoms with Crippen LogP contribution >= 0.6 is 0 Å². The highest BCUT2D eigenvalue weighted by Crippen LogP contribution is 2.41. The summed E-state index contributed by atoms with van der Waals surface area (Å²) in [5.41, 5.74) is 11.0. The zero-order valence-corrected chi connectivity index (χ0v) is 45.1. The largest absolute Gasteiger partial charge is 0.494 e. The van der Waals surface area contributed by atoms with Crippen molar-refractivity contribution < 1.29 is 27.5 Å². The monoisotopic (exact) mass is 1040 g/mol. The molecule has 8 aromatic carbocycles. The van der Waals surface area contributed by atoms with Crippen LogP contribution in [0.4, 0.5) is 22.7 Å². The molecular formula is C67H67N3O6S. The van der Waals surface area contributed by atoms with E-state index in [1.54, 1.807) is 0 Å². The van der Waals surface area contributed by atoms with E-state index in [4.69, 9.17) is 9.47 Å². The molecule has 0 aromatic heterocycles. The highest BCUT2D eigenvalue weighted by molar-refractivity contribution is 7.92. The van der Waals surface area contributed by atoms with Crippen molar-refractivity contribution in [3.05, 3.63) is 250 Å². The van der Waals surface area contributed by atoms with Crippen LogP contribution in [0.25, 0.3) is 0 Å². The van der Waals surface area contributed by atoms with Crippen LogP contribution in [0.5, 0.6) is 11.5 Å². The molecule has 2 aliphatic rings. The van der Waals surface area contributed by atoms with Gasteiger partial charge in [-0.15, -0.1) is 0 Å². The SMILES string of the molecule is Cc1c(N(Cc2ccccc2)Cc2ccc(C(=O)c3cccc(OCCC4CC4)c3)cc2)cccc1N(c1cccc(N(Cc2ccccc2)Cc2ccc(C(=O)c3cccc(OCCC4CC4)c3)cc2)c1C)S(C)(=O)=O. The fourth-order valence-electron chi connectivity index (χ4n) is 10.1. The van der Waals surface area contributed by atoms with Gasteiger partial charge in [0.1, 0.15) is 11.5 Å². The molecule has 0 amide bonds. The second-order valence-corrected chi connectivity index (χ2v) is 22.7. The van der Waals surface area contributed by atoms with E-state index < -0.39 is 10.0 Å². The van der Waals surface area contributed by atoms with E-state index in [0.717, 1.165) is 69.4 Å². The Bertz CT molecular complexity index is 3220. The first-order valence-corrected chi connectivity index (χ1v) is 28.8. The molecule has 2 saturated carbocycles. The standard InChI is InChI=1S/C67H67N3O6S/c1-48-62(68(44-52-14-6-4-7-15-52)46-54-30-34-56(35-31-54)66(71)58-18-10-20-60(42-58)75-40-38-50-26-27-50)22-12-24-64(48)70(77(3,73)74)65-25-13-23-63(49(65)2)69(45-53-16-8-5-9-17-53)47-55-32-36-57(37-33-55)67(72)59-19-11-21-61(43-59)76-41-39-51-28-29-51/h4-25,30-37,42-43,50-51H,26-29,38-41,44-47H2,1-3H3. The van der Waals surface area contributed by atoms with Crippen molar-refractivity contribution in [2.24, 2.45) is 11.8 Å². The van der Waals surface area contributed by atoms with Gasteiger partial charge in [0.15, 0.2) is 11.6 Å². The van der Waals surface area contributed by atoms with E-state index in [0.29, 0.717) is 84.5 Å². The average Bonchev–Trinajstić information content (AvgIpc) is 4.42. The summed E-state index contributed by atoms with van der Waals surface area (Å²) in [6.07, 6.45) is 8.46. The Hall–Kier alpha value is -7.95. The molecule has 8 aromatic rings. The van der Waals surface area contributed by atoms with Gasteiger partial charge in [-0.1, -0.05) is 171 Å². The summed E-state index contributed by atoms with van der Waals surface area (Å²) in [6.45, 7) is 7.39. The lowest BCUT2D eigenvalue weighted by Crippen LogP contribution is -2.29. The van der Waals surface area contributed by atoms with Crippen LogP contribution in [-0.4, -0.2) is 39.5 Å². The lowest BCUT2D eigenvalue weighted by Gasteiger charge is -2.33. The number of benzene rings is 8. The Kier molecular flexibility index (Phi) is 16.3. The summed E-state index contributed by atoms with van der Waals surface area (Å²) in [6, 6.07) is 62.6. The van der Waals surface area contributed by atoms with Gasteiger partial charge in [0, 0.05) is 59.8 Å². The number of rotatable bonds is 25. The summed E-state index contributed by atoms with van der Waals surface area (Å²) in [5, 5.41) is 0. The van der Waals surface area contributed by atoms with Gasteiger partial charge in [-0.05, 0) is 120 Å². The molecule has 0 heterocycles. The third-order valence-electron chi connectivity index (χ3n) is 14.8. The molecule has 2 fully saturated rings. The first-order chi connectivity index (χ1) is 37.4. The third kappa shape index (κ3) is 13.5. The van der Waals surface area contributed by atoms with Crippen LogP contribution in [0.3, 0.4) is 0 Å². The summed E-state index contributed by atoms with van der Waals surface area (Å²) >= 11 is 0. The average molecular weight is 1040 g/mol. The molecule has 0 atom stereocenters. The van der Waals surface area contributed by atoms with Crippen molar-refractivity contribution in [3.63, 3.8) is 0 Å². The minimum Gasteiger partial charge on any atom is -0.494 e. The van der Waals surface area contributed by atoms with Crippen molar-refractivity contribution in [3.8, 4) is 11.5 Å². The number of nitrogens with zero attached hydrogens (tertiary/aromatic N) is 3. The molecule has 0 saturated heterocycles. The molecule has 0 spiro atoms. The van der Waals surface area contributed by atoms with E-state index in [9.17, 15) is 18.0 Å². The number of hydrogen-bond donors (Lipinski definition) is 0. The Labute approximate surface area is 454 Å². The van der Waals surface area contributed by atoms with Gasteiger partial charge in [-0.3, -0.25) is 9.59 Å². The first-order valence-electron chi connectivity index (χ1n) is 26.9. The lowest BCUT2D eigenvalue weighted by molar-refractivity contribution is 0.103. The predicted molar refractivity (Wildman–Crippen MR) is 310 cm³/mol. The maximum atomic E-state index is 14.4. The molecule has 2 aliphatic carbocycles. The lowest BCUT2D eigenvalue weighted by atomic mass is 10.0. The Morgan fingerprint density at radius 3 is 1.14 bits per heavy atom. The Morgan fingerprint density at radius 1 is 0.429 bits per heavy atom. The van der Waals surface area contributed by atoms with Crippen LogP contribution in [0.1, 0.15) is 104 Å². The van der Waals surface area contributed by atoms with Gasteiger partial charge in [-0.2, -0.15) is 0 Å². The summed E-state index contributed by atoms with van der Waals surface area (Å²) in [7, 11) is -3.91. The molecule has 392 valence electrons. The number of sulfonamides is 1. The fourth-order valence-corrected chi connectivity index (χ4v) is 11.3. The quantitative estimate of drug-likeness (QED) is 0.0522. The first kappa shape index (κ1) is 52.5. The molecule has 10 rings (SSSR count). The summed E-state index contributed by atoms with van der Waals surface area (Å²) in [4.78, 5) is 32.0. The highest BCUT2D eigenvalue weighted by Gasteiger charge is 2.28. The molecule has 0 radical (unpaired) electrons. The van der Waals surface area contributed by atoms with Crippen LogP contribution in [0.15, 0.2) is 194 Å². The fraction of sp³-hybridized carbons (Fsp3) is 0.254. The molecular weight excluding hydrogens is 975 g/mol. The van der Waals surface area contributed by atoms with Crippen molar-refractivity contribution in [2.75, 3.05) is 33.6 Å². The zero-order chi connectivity index (χ0) is 53.3. The maximum Gasteiger partial charge on any atom is 0.236 e. The third-order valence-corrected chi connectivity index (χ3v) is 15.8. The Balaban J connectivity index is 0.916. The molecule has 0 aliphatic heterocycles. The molecule has 0 unspecified atom stereocenters. The molecule has 77 heavy (non-hydrogen) atoms. The predicted octanol–water partition coefficient (Wildman–Crippen LogP) is 14.6. The van der Waals surface area contributed by atoms with E-state index in [2.05, 4.69) is 34.1 Å². The summed E-state index contributed by atoms with van der Waals surface area (Å²) < 4.78 is 42.2. The molecule has 0 N–H and O–H groups in total. The van der Waals surface area contributed by atoms with Gasteiger partial charge in [0.05, 0.1) is 30.8 Å². The second-order valence-electron chi connectivity index (χ2n) is 20.8. The molecule has 9 nitrogen and oxygen atoms in total. The minimum atomic E-state index is -3.91. The smallest absolute Gasteiger partial charge is 0.236 e. The van der Waals surface area contributed by atoms with Crippen LogP contribution in [0, 0.1) is 25.7 Å². The van der Waals surface area contributed by atoms with Gasteiger partial charge >= 0.3 is 0 Å². The van der Waals surface area contributed by atoms with Crippen molar-refractivity contribution in [1.29, 1.82) is 0 Å². The van der Waals surface area contributed by atoms with Gasteiger partial charge in [0.2, 0.25) is 10.0 Å². The number of anilines is 4. The minimum absolute atomic E-state index is 0.0676. The van der Waals surface area contributed by atoms with E-state index >= 15 is 0 Å². The second kappa shape index (κ2) is 23.9. The number of hydrogen-bond acceptors (Lipinski definition) is 8. The number of carbonyl (C=O) groups excluding carboxylic acids is 2. The van der Waals surface area contributed by atoms with E-state index in [1.165, 1.54) is 36.2 Å². The molecule has 10 heteroatoms. The van der Waals surface area contributed by atoms with Crippen molar-refractivity contribution in [2.45, 2.75) is 78.6 Å². The van der Waals surface area contributed by atoms with Crippen molar-refractivity contribution >= 4 is 44.3 Å². The van der Waals surface area contributed by atoms with Gasteiger partial charge < -0.3 is 19.3 Å². The summed E-state index contributed by atoms with van der Waals surface area (Å²) in [5.74, 6) is 2.83.